The highest BCUT2D eigenvalue weighted by Gasteiger charge is 2.18. The van der Waals surface area contributed by atoms with Crippen molar-refractivity contribution >= 4 is 17.7 Å². The zero-order valence-electron chi connectivity index (χ0n) is 12.4. The van der Waals surface area contributed by atoms with Crippen molar-refractivity contribution in [2.24, 2.45) is 5.92 Å². The van der Waals surface area contributed by atoms with Gasteiger partial charge in [0.15, 0.2) is 0 Å². The van der Waals surface area contributed by atoms with Gasteiger partial charge in [-0.05, 0) is 31.9 Å². The van der Waals surface area contributed by atoms with Gasteiger partial charge in [0.25, 0.3) is 0 Å². The van der Waals surface area contributed by atoms with Crippen molar-refractivity contribution < 1.29 is 9.90 Å². The fourth-order valence-electron chi connectivity index (χ4n) is 2.88. The Bertz CT molecular complexity index is 251. The zero-order valence-corrected chi connectivity index (χ0v) is 13.2. The quantitative estimate of drug-likeness (QED) is 0.721. The summed E-state index contributed by atoms with van der Waals surface area (Å²) in [5.74, 6) is 0.992. The number of hydrogen-bond acceptors (Lipinski definition) is 3. The van der Waals surface area contributed by atoms with E-state index in [1.807, 2.05) is 13.2 Å². The third-order valence-corrected chi connectivity index (χ3v) is 5.33. The molecule has 2 unspecified atom stereocenters. The normalized spacial score (nSPS) is 19.9. The number of aliphatic hydroxyl groups excluding tert-OH is 1. The first-order chi connectivity index (χ1) is 9.17. The van der Waals surface area contributed by atoms with Crippen LogP contribution >= 0.6 is 11.8 Å². The summed E-state index contributed by atoms with van der Waals surface area (Å²) in [7, 11) is 0. The van der Waals surface area contributed by atoms with Crippen LogP contribution in [0.1, 0.15) is 58.3 Å². The van der Waals surface area contributed by atoms with Gasteiger partial charge >= 0.3 is 0 Å². The van der Waals surface area contributed by atoms with Crippen LogP contribution in [0.25, 0.3) is 0 Å². The second-order valence-electron chi connectivity index (χ2n) is 5.71. The highest BCUT2D eigenvalue weighted by atomic mass is 32.2. The molecule has 0 heterocycles. The molecule has 3 nitrogen and oxygen atoms in total. The van der Waals surface area contributed by atoms with Crippen LogP contribution in [0.15, 0.2) is 0 Å². The summed E-state index contributed by atoms with van der Waals surface area (Å²) >= 11 is 1.60. The van der Waals surface area contributed by atoms with E-state index in [0.29, 0.717) is 6.42 Å². The Hall–Kier alpha value is -0.220. The number of nitrogens with one attached hydrogen (secondary N) is 1. The lowest BCUT2D eigenvalue weighted by Gasteiger charge is -2.22. The standard InChI is InChI=1S/C15H29NO2S/c1-12(14(11-17)19-2)16-15(18)10-6-9-13-7-4-3-5-8-13/h12-14,17H,3-11H2,1-2H3,(H,16,18). The number of rotatable bonds is 8. The lowest BCUT2D eigenvalue weighted by molar-refractivity contribution is -0.121. The molecule has 0 radical (unpaired) electrons. The monoisotopic (exact) mass is 287 g/mol. The molecule has 1 aliphatic carbocycles. The van der Waals surface area contributed by atoms with Crippen molar-refractivity contribution in [2.45, 2.75) is 69.6 Å². The van der Waals surface area contributed by atoms with Gasteiger partial charge in [0, 0.05) is 17.7 Å². The van der Waals surface area contributed by atoms with E-state index in [4.69, 9.17) is 0 Å². The largest absolute Gasteiger partial charge is 0.395 e. The maximum Gasteiger partial charge on any atom is 0.220 e. The Kier molecular flexibility index (Phi) is 8.55. The van der Waals surface area contributed by atoms with Crippen LogP contribution in [0.3, 0.4) is 0 Å². The summed E-state index contributed by atoms with van der Waals surface area (Å²) < 4.78 is 0. The number of carbonyl (C=O) groups is 1. The SMILES string of the molecule is CSC(CO)C(C)NC(=O)CCCC1CCCCC1. The van der Waals surface area contributed by atoms with Crippen LogP contribution in [0.2, 0.25) is 0 Å². The Morgan fingerprint density at radius 3 is 2.63 bits per heavy atom. The van der Waals surface area contributed by atoms with Crippen LogP contribution in [-0.4, -0.2) is 35.2 Å². The third-order valence-electron chi connectivity index (χ3n) is 4.17. The van der Waals surface area contributed by atoms with Crippen LogP contribution in [0, 0.1) is 5.92 Å². The Balaban J connectivity index is 2.13. The average Bonchev–Trinajstić information content (AvgIpc) is 2.41. The molecule has 0 aromatic rings. The van der Waals surface area contributed by atoms with Gasteiger partial charge in [-0.2, -0.15) is 11.8 Å². The van der Waals surface area contributed by atoms with Crippen molar-refractivity contribution in [3.05, 3.63) is 0 Å². The van der Waals surface area contributed by atoms with E-state index in [1.54, 1.807) is 11.8 Å². The van der Waals surface area contributed by atoms with Gasteiger partial charge in [-0.15, -0.1) is 0 Å². The number of hydrogen-bond donors (Lipinski definition) is 2. The number of carbonyl (C=O) groups excluding carboxylic acids is 1. The smallest absolute Gasteiger partial charge is 0.220 e. The first-order valence-corrected chi connectivity index (χ1v) is 8.89. The minimum absolute atomic E-state index is 0.0437. The van der Waals surface area contributed by atoms with Crippen LogP contribution in [0.4, 0.5) is 0 Å². The van der Waals surface area contributed by atoms with Gasteiger partial charge in [-0.25, -0.2) is 0 Å². The molecule has 1 rings (SSSR count). The molecule has 0 aromatic heterocycles. The minimum Gasteiger partial charge on any atom is -0.395 e. The van der Waals surface area contributed by atoms with Gasteiger partial charge in [-0.3, -0.25) is 4.79 Å². The molecule has 19 heavy (non-hydrogen) atoms. The molecule has 112 valence electrons. The topological polar surface area (TPSA) is 49.3 Å². The van der Waals surface area contributed by atoms with Crippen molar-refractivity contribution in [2.75, 3.05) is 12.9 Å². The summed E-state index contributed by atoms with van der Waals surface area (Å²) in [5.41, 5.74) is 0. The van der Waals surface area contributed by atoms with Crippen molar-refractivity contribution in [3.8, 4) is 0 Å². The Labute approximate surface area is 121 Å². The summed E-state index contributed by atoms with van der Waals surface area (Å²) in [5, 5.41) is 12.3. The van der Waals surface area contributed by atoms with Crippen molar-refractivity contribution in [3.63, 3.8) is 0 Å². The molecule has 0 spiro atoms. The molecule has 1 fully saturated rings. The van der Waals surface area contributed by atoms with Crippen molar-refractivity contribution in [1.82, 2.24) is 5.32 Å². The lowest BCUT2D eigenvalue weighted by atomic mass is 9.86. The Morgan fingerprint density at radius 2 is 2.05 bits per heavy atom. The minimum atomic E-state index is 0.0437. The van der Waals surface area contributed by atoms with E-state index in [0.717, 1.165) is 12.3 Å². The molecule has 4 heteroatoms. The molecule has 2 atom stereocenters. The van der Waals surface area contributed by atoms with Crippen molar-refractivity contribution in [1.29, 1.82) is 0 Å². The molecule has 0 saturated heterocycles. The molecular formula is C15H29NO2S. The summed E-state index contributed by atoms with van der Waals surface area (Å²) in [4.78, 5) is 11.8. The molecular weight excluding hydrogens is 258 g/mol. The van der Waals surface area contributed by atoms with Gasteiger partial charge < -0.3 is 10.4 Å². The summed E-state index contributed by atoms with van der Waals surface area (Å²) in [6, 6.07) is 0.0437. The number of amides is 1. The lowest BCUT2D eigenvalue weighted by Crippen LogP contribution is -2.41. The molecule has 0 bridgehead atoms. The molecule has 1 amide bonds. The molecule has 0 aliphatic heterocycles. The molecule has 1 aliphatic rings. The fourth-order valence-corrected chi connectivity index (χ4v) is 3.51. The molecule has 0 aromatic carbocycles. The van der Waals surface area contributed by atoms with E-state index in [-0.39, 0.29) is 23.8 Å². The maximum absolute atomic E-state index is 11.8. The fraction of sp³-hybridized carbons (Fsp3) is 0.933. The second-order valence-corrected chi connectivity index (χ2v) is 6.79. The van der Waals surface area contributed by atoms with E-state index in [1.165, 1.54) is 38.5 Å². The third kappa shape index (κ3) is 6.66. The average molecular weight is 287 g/mol. The number of thioether (sulfide) groups is 1. The first kappa shape index (κ1) is 16.8. The summed E-state index contributed by atoms with van der Waals surface area (Å²) in [6.07, 6.45) is 11.7. The van der Waals surface area contributed by atoms with Gasteiger partial charge in [-0.1, -0.05) is 32.1 Å². The number of aliphatic hydroxyl groups is 1. The predicted molar refractivity (Wildman–Crippen MR) is 82.4 cm³/mol. The maximum atomic E-state index is 11.8. The van der Waals surface area contributed by atoms with E-state index >= 15 is 0 Å². The van der Waals surface area contributed by atoms with Gasteiger partial charge in [0.1, 0.15) is 0 Å². The van der Waals surface area contributed by atoms with Gasteiger partial charge in [0.05, 0.1) is 6.61 Å². The Morgan fingerprint density at radius 1 is 1.37 bits per heavy atom. The summed E-state index contributed by atoms with van der Waals surface area (Å²) in [6.45, 7) is 2.08. The van der Waals surface area contributed by atoms with Crippen LogP contribution in [0.5, 0.6) is 0 Å². The molecule has 1 saturated carbocycles. The molecule has 2 N–H and O–H groups in total. The highest BCUT2D eigenvalue weighted by molar-refractivity contribution is 7.99. The van der Waals surface area contributed by atoms with Gasteiger partial charge in [0.2, 0.25) is 5.91 Å². The zero-order chi connectivity index (χ0) is 14.1. The van der Waals surface area contributed by atoms with Crippen LogP contribution < -0.4 is 5.32 Å². The second kappa shape index (κ2) is 9.65. The predicted octanol–water partition coefficient (Wildman–Crippen LogP) is 2.97. The van der Waals surface area contributed by atoms with E-state index in [2.05, 4.69) is 5.32 Å². The van der Waals surface area contributed by atoms with E-state index < -0.39 is 0 Å². The van der Waals surface area contributed by atoms with Crippen LogP contribution in [-0.2, 0) is 4.79 Å². The first-order valence-electron chi connectivity index (χ1n) is 7.60. The highest BCUT2D eigenvalue weighted by Crippen LogP contribution is 2.27. The van der Waals surface area contributed by atoms with E-state index in [9.17, 15) is 9.90 Å².